The molecule has 0 bridgehead atoms. The number of hydrogen-bond donors (Lipinski definition) is 3. The largest absolute Gasteiger partial charge is 0.480 e. The number of aromatic nitrogens is 2. The van der Waals surface area contributed by atoms with E-state index in [1.54, 1.807) is 7.11 Å². The lowest BCUT2D eigenvalue weighted by Gasteiger charge is -2.45. The quantitative estimate of drug-likeness (QED) is 0.775. The van der Waals surface area contributed by atoms with Crippen LogP contribution in [0.1, 0.15) is 32.1 Å². The van der Waals surface area contributed by atoms with Gasteiger partial charge in [0.25, 0.3) is 0 Å². The Kier molecular flexibility index (Phi) is 3.33. The lowest BCUT2D eigenvalue weighted by atomic mass is 9.87. The number of guanidine groups is 2. The number of methoxy groups -OCH3 is 1. The van der Waals surface area contributed by atoms with Crippen molar-refractivity contribution in [3.8, 4) is 5.88 Å². The van der Waals surface area contributed by atoms with Gasteiger partial charge in [-0.15, -0.1) is 5.10 Å². The van der Waals surface area contributed by atoms with E-state index < -0.39 is 5.66 Å². The number of aromatic amines is 1. The Morgan fingerprint density at radius 2 is 2.00 bits per heavy atom. The van der Waals surface area contributed by atoms with E-state index in [9.17, 15) is 0 Å². The topological polar surface area (TPSA) is 118 Å². The summed E-state index contributed by atoms with van der Waals surface area (Å²) in [7, 11) is 1.60. The minimum absolute atomic E-state index is 0.259. The van der Waals surface area contributed by atoms with E-state index in [-0.39, 0.29) is 5.96 Å². The first-order valence-electron chi connectivity index (χ1n) is 8.15. The van der Waals surface area contributed by atoms with Gasteiger partial charge in [-0.3, -0.25) is 10.00 Å². The van der Waals surface area contributed by atoms with Gasteiger partial charge < -0.3 is 16.2 Å². The molecule has 24 heavy (non-hydrogen) atoms. The zero-order chi connectivity index (χ0) is 16.7. The number of H-pyrrole nitrogens is 1. The van der Waals surface area contributed by atoms with Gasteiger partial charge in [-0.2, -0.15) is 4.99 Å². The number of fused-ring (bicyclic) bond motifs is 1. The van der Waals surface area contributed by atoms with Crippen molar-refractivity contribution in [3.63, 3.8) is 0 Å². The van der Waals surface area contributed by atoms with Crippen molar-refractivity contribution in [2.24, 2.45) is 21.5 Å². The Morgan fingerprint density at radius 1 is 1.21 bits per heavy atom. The molecule has 2 aromatic rings. The van der Waals surface area contributed by atoms with Gasteiger partial charge in [0.15, 0.2) is 0 Å². The number of ether oxygens (including phenoxy) is 1. The predicted molar refractivity (Wildman–Crippen MR) is 94.2 cm³/mol. The van der Waals surface area contributed by atoms with Crippen LogP contribution in [0.4, 0.5) is 5.69 Å². The zero-order valence-corrected chi connectivity index (χ0v) is 13.6. The van der Waals surface area contributed by atoms with E-state index in [1.165, 1.54) is 6.42 Å². The molecule has 2 aliphatic rings. The third-order valence-corrected chi connectivity index (χ3v) is 4.81. The highest BCUT2D eigenvalue weighted by Crippen LogP contribution is 2.40. The highest BCUT2D eigenvalue weighted by molar-refractivity contribution is 6.06. The molecule has 1 fully saturated rings. The number of nitrogens with two attached hydrogens (primary N) is 2. The number of nitrogens with one attached hydrogen (secondary N) is 1. The Bertz CT molecular complexity index is 832. The number of hydrogen-bond acceptors (Lipinski definition) is 7. The molecule has 2 heterocycles. The maximum atomic E-state index is 6.25. The monoisotopic (exact) mass is 327 g/mol. The fourth-order valence-corrected chi connectivity index (χ4v) is 3.77. The lowest BCUT2D eigenvalue weighted by molar-refractivity contribution is 0.305. The first-order chi connectivity index (χ1) is 11.6. The minimum atomic E-state index is -0.439. The molecular weight excluding hydrogens is 306 g/mol. The first kappa shape index (κ1) is 14.8. The SMILES string of the molecule is COc1n[nH]c2cc(N3C(N)=NC(N)=NC34CCCCC4)ccc12. The van der Waals surface area contributed by atoms with E-state index in [4.69, 9.17) is 16.2 Å². The van der Waals surface area contributed by atoms with E-state index in [0.717, 1.165) is 42.3 Å². The molecule has 4 rings (SSSR count). The fraction of sp³-hybridized carbons (Fsp3) is 0.438. The number of benzene rings is 1. The van der Waals surface area contributed by atoms with Gasteiger partial charge in [0.1, 0.15) is 5.66 Å². The van der Waals surface area contributed by atoms with Crippen LogP contribution in [-0.4, -0.2) is 34.9 Å². The summed E-state index contributed by atoms with van der Waals surface area (Å²) in [6, 6.07) is 5.97. The maximum absolute atomic E-state index is 6.25. The minimum Gasteiger partial charge on any atom is -0.480 e. The van der Waals surface area contributed by atoms with Crippen molar-refractivity contribution in [1.82, 2.24) is 10.2 Å². The third-order valence-electron chi connectivity index (χ3n) is 4.81. The molecule has 126 valence electrons. The molecule has 0 radical (unpaired) electrons. The molecular formula is C16H21N7O. The molecule has 1 spiro atoms. The van der Waals surface area contributed by atoms with E-state index >= 15 is 0 Å². The number of aliphatic imine (C=N–C) groups is 2. The second-order valence-electron chi connectivity index (χ2n) is 6.28. The molecule has 5 N–H and O–H groups in total. The zero-order valence-electron chi connectivity index (χ0n) is 13.6. The van der Waals surface area contributed by atoms with Crippen molar-refractivity contribution in [3.05, 3.63) is 18.2 Å². The standard InChI is InChI=1S/C16H21N7O/c1-24-13-11-6-5-10(9-12(11)21-22-13)23-15(18)19-14(17)20-16(23)7-3-2-4-8-16/h5-6,9H,2-4,7-8H2,1H3,(H,21,22)(H4,17,18,19,20). The summed E-state index contributed by atoms with van der Waals surface area (Å²) in [5, 5.41) is 8.08. The van der Waals surface area contributed by atoms with Crippen LogP contribution >= 0.6 is 0 Å². The molecule has 8 nitrogen and oxygen atoms in total. The fourth-order valence-electron chi connectivity index (χ4n) is 3.77. The Labute approximate surface area is 139 Å². The second kappa shape index (κ2) is 5.40. The summed E-state index contributed by atoms with van der Waals surface area (Å²) in [5.41, 5.74) is 13.5. The van der Waals surface area contributed by atoms with Crippen LogP contribution in [0.25, 0.3) is 10.9 Å². The van der Waals surface area contributed by atoms with Gasteiger partial charge in [-0.25, -0.2) is 4.99 Å². The number of rotatable bonds is 2. The molecule has 0 saturated heterocycles. The van der Waals surface area contributed by atoms with E-state index in [1.807, 2.05) is 23.1 Å². The predicted octanol–water partition coefficient (Wildman–Crippen LogP) is 1.68. The Morgan fingerprint density at radius 3 is 2.75 bits per heavy atom. The van der Waals surface area contributed by atoms with Gasteiger partial charge in [-0.05, 0) is 43.9 Å². The normalized spacial score (nSPS) is 20.1. The number of nitrogens with zero attached hydrogens (tertiary/aromatic N) is 4. The molecule has 0 amide bonds. The summed E-state index contributed by atoms with van der Waals surface area (Å²) in [5.74, 6) is 1.22. The molecule has 0 unspecified atom stereocenters. The average molecular weight is 327 g/mol. The highest BCUT2D eigenvalue weighted by atomic mass is 16.5. The summed E-state index contributed by atoms with van der Waals surface area (Å²) >= 11 is 0. The maximum Gasteiger partial charge on any atom is 0.240 e. The first-order valence-corrected chi connectivity index (χ1v) is 8.15. The van der Waals surface area contributed by atoms with Crippen LogP contribution in [0.15, 0.2) is 28.2 Å². The molecule has 8 heteroatoms. The summed E-state index contributed by atoms with van der Waals surface area (Å²) in [6.07, 6.45) is 5.22. The van der Waals surface area contributed by atoms with Gasteiger partial charge >= 0.3 is 0 Å². The molecule has 1 aromatic carbocycles. The lowest BCUT2D eigenvalue weighted by Crippen LogP contribution is -2.58. The summed E-state index contributed by atoms with van der Waals surface area (Å²) in [6.45, 7) is 0. The smallest absolute Gasteiger partial charge is 0.240 e. The van der Waals surface area contributed by atoms with Crippen LogP contribution in [-0.2, 0) is 0 Å². The molecule has 1 aliphatic heterocycles. The van der Waals surface area contributed by atoms with Crippen molar-refractivity contribution >= 4 is 28.5 Å². The number of anilines is 1. The van der Waals surface area contributed by atoms with Crippen molar-refractivity contribution < 1.29 is 4.74 Å². The summed E-state index contributed by atoms with van der Waals surface area (Å²) < 4.78 is 5.26. The van der Waals surface area contributed by atoms with Crippen LogP contribution in [0, 0.1) is 0 Å². The van der Waals surface area contributed by atoms with Gasteiger partial charge in [0, 0.05) is 5.69 Å². The molecule has 1 aliphatic carbocycles. The van der Waals surface area contributed by atoms with Crippen LogP contribution in [0.2, 0.25) is 0 Å². The Balaban J connectivity index is 1.82. The van der Waals surface area contributed by atoms with E-state index in [2.05, 4.69) is 20.2 Å². The molecule has 1 aromatic heterocycles. The van der Waals surface area contributed by atoms with Crippen LogP contribution in [0.3, 0.4) is 0 Å². The molecule has 0 atom stereocenters. The van der Waals surface area contributed by atoms with Crippen LogP contribution < -0.4 is 21.1 Å². The molecule has 1 saturated carbocycles. The second-order valence-corrected chi connectivity index (χ2v) is 6.28. The van der Waals surface area contributed by atoms with Gasteiger partial charge in [0.05, 0.1) is 18.0 Å². The van der Waals surface area contributed by atoms with Crippen molar-refractivity contribution in [2.45, 2.75) is 37.8 Å². The Hall–Kier alpha value is -2.77. The summed E-state index contributed by atoms with van der Waals surface area (Å²) in [4.78, 5) is 10.9. The highest BCUT2D eigenvalue weighted by Gasteiger charge is 2.42. The van der Waals surface area contributed by atoms with E-state index in [0.29, 0.717) is 11.8 Å². The van der Waals surface area contributed by atoms with Crippen molar-refractivity contribution in [2.75, 3.05) is 12.0 Å². The van der Waals surface area contributed by atoms with Gasteiger partial charge in [-0.1, -0.05) is 6.42 Å². The van der Waals surface area contributed by atoms with Crippen LogP contribution in [0.5, 0.6) is 5.88 Å². The van der Waals surface area contributed by atoms with Gasteiger partial charge in [0.2, 0.25) is 17.8 Å². The average Bonchev–Trinajstić information content (AvgIpc) is 2.97. The van der Waals surface area contributed by atoms with Crippen molar-refractivity contribution in [1.29, 1.82) is 0 Å². The third kappa shape index (κ3) is 2.17.